The van der Waals surface area contributed by atoms with Crippen LogP contribution in [-0.4, -0.2) is 11.2 Å². The Morgan fingerprint density at radius 2 is 1.36 bits per heavy atom. The predicted molar refractivity (Wildman–Crippen MR) is 135 cm³/mol. The first-order valence-electron chi connectivity index (χ1n) is 11.4. The van der Waals surface area contributed by atoms with Crippen LogP contribution in [0.1, 0.15) is 63.8 Å². The Kier molecular flexibility index (Phi) is 7.16. The van der Waals surface area contributed by atoms with Crippen LogP contribution in [-0.2, 0) is 23.7 Å². The number of hydrogen-bond acceptors (Lipinski definition) is 3. The highest BCUT2D eigenvalue weighted by atomic mass is 16.6. The molecule has 0 saturated heterocycles. The first-order valence-corrected chi connectivity index (χ1v) is 11.4. The number of aromatic hydroxyl groups is 1. The molecule has 0 bridgehead atoms. The quantitative estimate of drug-likeness (QED) is 0.431. The number of aryl methyl sites for hydroxylation is 2. The van der Waals surface area contributed by atoms with Crippen molar-refractivity contribution in [1.82, 2.24) is 0 Å². The number of hydrogen-bond donors (Lipinski definition) is 2. The summed E-state index contributed by atoms with van der Waals surface area (Å²) >= 11 is 0. The molecule has 0 radical (unpaired) electrons. The van der Waals surface area contributed by atoms with Gasteiger partial charge in [0.25, 0.3) is 0 Å². The monoisotopic (exact) mass is 445 g/mol. The lowest BCUT2D eigenvalue weighted by Crippen LogP contribution is -2.18. The van der Waals surface area contributed by atoms with Crippen LogP contribution in [0.25, 0.3) is 0 Å². The molecular weight excluding hydrogens is 410 g/mol. The maximum absolute atomic E-state index is 12.4. The highest BCUT2D eigenvalue weighted by Crippen LogP contribution is 2.40. The molecule has 33 heavy (non-hydrogen) atoms. The molecule has 4 nitrogen and oxygen atoms in total. The van der Waals surface area contributed by atoms with Crippen molar-refractivity contribution in [3.63, 3.8) is 0 Å². The fraction of sp³-hybridized carbons (Fsp3) is 0.345. The summed E-state index contributed by atoms with van der Waals surface area (Å²) in [6.07, 6.45) is 1.03. The van der Waals surface area contributed by atoms with E-state index in [2.05, 4.69) is 59.0 Å². The summed E-state index contributed by atoms with van der Waals surface area (Å²) in [6, 6.07) is 21.0. The highest BCUT2D eigenvalue weighted by Gasteiger charge is 2.26. The van der Waals surface area contributed by atoms with Gasteiger partial charge < -0.3 is 9.84 Å². The predicted octanol–water partition coefficient (Wildman–Crippen LogP) is 7.38. The van der Waals surface area contributed by atoms with Crippen molar-refractivity contribution in [2.75, 3.05) is 5.32 Å². The van der Waals surface area contributed by atoms with Crippen LogP contribution in [0.5, 0.6) is 11.5 Å². The van der Waals surface area contributed by atoms with Crippen molar-refractivity contribution in [3.05, 3.63) is 89.0 Å². The lowest BCUT2D eigenvalue weighted by Gasteiger charge is -2.28. The van der Waals surface area contributed by atoms with Crippen LogP contribution in [0.2, 0.25) is 0 Å². The average Bonchev–Trinajstić information content (AvgIpc) is 2.73. The molecule has 174 valence electrons. The van der Waals surface area contributed by atoms with Gasteiger partial charge in [-0.25, -0.2) is 4.79 Å². The fourth-order valence-corrected chi connectivity index (χ4v) is 3.85. The number of nitrogens with one attached hydrogen (secondary N) is 1. The number of benzene rings is 3. The second-order valence-corrected chi connectivity index (χ2v) is 10.5. The standard InChI is InChI=1S/C29H35NO3/c1-28(2,3)23-18-20(19-24(26(23)31)29(4,5)6)16-17-21-12-10-11-15-25(21)30-27(32)33-22-13-8-7-9-14-22/h7-15,18-19,31H,16-17H2,1-6H3,(H,30,32). The highest BCUT2D eigenvalue weighted by molar-refractivity contribution is 5.87. The molecule has 2 N–H and O–H groups in total. The summed E-state index contributed by atoms with van der Waals surface area (Å²) in [5.41, 5.74) is 4.53. The summed E-state index contributed by atoms with van der Waals surface area (Å²) in [7, 11) is 0. The second kappa shape index (κ2) is 9.70. The molecule has 3 aromatic carbocycles. The number of phenolic OH excluding ortho intramolecular Hbond substituents is 1. The number of anilines is 1. The van der Waals surface area contributed by atoms with Gasteiger partial charge in [0.2, 0.25) is 0 Å². The van der Waals surface area contributed by atoms with Gasteiger partial charge in [-0.1, -0.05) is 90.1 Å². The summed E-state index contributed by atoms with van der Waals surface area (Å²) < 4.78 is 5.38. The van der Waals surface area contributed by atoms with Gasteiger partial charge in [0, 0.05) is 5.69 Å². The molecule has 0 unspecified atom stereocenters. The number of phenols is 1. The molecule has 3 rings (SSSR count). The number of rotatable bonds is 5. The van der Waals surface area contributed by atoms with E-state index in [1.54, 1.807) is 12.1 Å². The van der Waals surface area contributed by atoms with E-state index in [9.17, 15) is 9.90 Å². The van der Waals surface area contributed by atoms with E-state index in [-0.39, 0.29) is 10.8 Å². The van der Waals surface area contributed by atoms with Crippen LogP contribution >= 0.6 is 0 Å². The lowest BCUT2D eigenvalue weighted by atomic mass is 9.78. The van der Waals surface area contributed by atoms with E-state index < -0.39 is 6.09 Å². The Bertz CT molecular complexity index is 1070. The van der Waals surface area contributed by atoms with Crippen LogP contribution in [0, 0.1) is 0 Å². The van der Waals surface area contributed by atoms with E-state index in [0.29, 0.717) is 11.5 Å². The molecule has 0 aliphatic rings. The Labute approximate surface area is 197 Å². The van der Waals surface area contributed by atoms with Crippen LogP contribution in [0.4, 0.5) is 10.5 Å². The molecule has 0 aliphatic carbocycles. The van der Waals surface area contributed by atoms with Crippen molar-refractivity contribution in [2.24, 2.45) is 0 Å². The van der Waals surface area contributed by atoms with E-state index in [1.807, 2.05) is 42.5 Å². The zero-order chi connectivity index (χ0) is 24.2. The minimum absolute atomic E-state index is 0.166. The minimum Gasteiger partial charge on any atom is -0.507 e. The van der Waals surface area contributed by atoms with Crippen LogP contribution < -0.4 is 10.1 Å². The van der Waals surface area contributed by atoms with Gasteiger partial charge in [0.1, 0.15) is 11.5 Å². The summed E-state index contributed by atoms with van der Waals surface area (Å²) in [5, 5.41) is 13.8. The van der Waals surface area contributed by atoms with Crippen molar-refractivity contribution in [1.29, 1.82) is 0 Å². The summed E-state index contributed by atoms with van der Waals surface area (Å²) in [4.78, 5) is 12.4. The molecular formula is C29H35NO3. The second-order valence-electron chi connectivity index (χ2n) is 10.5. The van der Waals surface area contributed by atoms with Crippen molar-refractivity contribution in [3.8, 4) is 11.5 Å². The maximum atomic E-state index is 12.4. The molecule has 0 fully saturated rings. The number of para-hydroxylation sites is 2. The van der Waals surface area contributed by atoms with Gasteiger partial charge in [-0.15, -0.1) is 0 Å². The molecule has 1 amide bonds. The smallest absolute Gasteiger partial charge is 0.417 e. The van der Waals surface area contributed by atoms with Gasteiger partial charge in [-0.05, 0) is 64.1 Å². The molecule has 4 heteroatoms. The molecule has 0 spiro atoms. The fourth-order valence-electron chi connectivity index (χ4n) is 3.85. The Morgan fingerprint density at radius 3 is 1.94 bits per heavy atom. The normalized spacial score (nSPS) is 11.8. The summed E-state index contributed by atoms with van der Waals surface area (Å²) in [5.74, 6) is 0.894. The van der Waals surface area contributed by atoms with Crippen LogP contribution in [0.15, 0.2) is 66.7 Å². The first kappa shape index (κ1) is 24.4. The van der Waals surface area contributed by atoms with Crippen molar-refractivity contribution >= 4 is 11.8 Å². The van der Waals surface area contributed by atoms with E-state index in [4.69, 9.17) is 4.74 Å². The Balaban J connectivity index is 1.81. The topological polar surface area (TPSA) is 58.6 Å². The zero-order valence-corrected chi connectivity index (χ0v) is 20.5. The van der Waals surface area contributed by atoms with Gasteiger partial charge in [0.05, 0.1) is 0 Å². The summed E-state index contributed by atoms with van der Waals surface area (Å²) in [6.45, 7) is 12.7. The third-order valence-corrected chi connectivity index (χ3v) is 5.68. The van der Waals surface area contributed by atoms with E-state index >= 15 is 0 Å². The molecule has 0 saturated carbocycles. The van der Waals surface area contributed by atoms with Gasteiger partial charge in [0.15, 0.2) is 0 Å². The van der Waals surface area contributed by atoms with Gasteiger partial charge in [-0.2, -0.15) is 0 Å². The Morgan fingerprint density at radius 1 is 0.818 bits per heavy atom. The van der Waals surface area contributed by atoms with Crippen LogP contribution in [0.3, 0.4) is 0 Å². The number of carbonyl (C=O) groups excluding carboxylic acids is 1. The molecule has 0 aromatic heterocycles. The lowest BCUT2D eigenvalue weighted by molar-refractivity contribution is 0.215. The molecule has 0 heterocycles. The first-order chi connectivity index (χ1) is 15.4. The number of carbonyl (C=O) groups is 1. The molecule has 0 aliphatic heterocycles. The van der Waals surface area contributed by atoms with Crippen molar-refractivity contribution in [2.45, 2.75) is 65.2 Å². The van der Waals surface area contributed by atoms with Crippen molar-refractivity contribution < 1.29 is 14.6 Å². The maximum Gasteiger partial charge on any atom is 0.417 e. The third kappa shape index (κ3) is 6.38. The van der Waals surface area contributed by atoms with E-state index in [0.717, 1.165) is 35.2 Å². The number of ether oxygens (including phenoxy) is 1. The average molecular weight is 446 g/mol. The molecule has 0 atom stereocenters. The third-order valence-electron chi connectivity index (χ3n) is 5.68. The zero-order valence-electron chi connectivity index (χ0n) is 20.5. The number of amides is 1. The van der Waals surface area contributed by atoms with Gasteiger partial charge >= 0.3 is 6.09 Å². The minimum atomic E-state index is -0.511. The SMILES string of the molecule is CC(C)(C)c1cc(CCc2ccccc2NC(=O)Oc2ccccc2)cc(C(C)(C)C)c1O. The molecule has 3 aromatic rings. The van der Waals surface area contributed by atoms with E-state index in [1.165, 1.54) is 5.56 Å². The van der Waals surface area contributed by atoms with Gasteiger partial charge in [-0.3, -0.25) is 5.32 Å². The largest absolute Gasteiger partial charge is 0.507 e. The Hall–Kier alpha value is -3.27.